The number of hydrogen-bond donors (Lipinski definition) is 1. The molecule has 2 aromatic heterocycles. The second-order valence-electron chi connectivity index (χ2n) is 6.17. The van der Waals surface area contributed by atoms with Gasteiger partial charge in [-0.05, 0) is 31.0 Å². The molecule has 27 heavy (non-hydrogen) atoms. The summed E-state index contributed by atoms with van der Waals surface area (Å²) in [5.41, 5.74) is 0.985. The first kappa shape index (κ1) is 18.8. The van der Waals surface area contributed by atoms with Gasteiger partial charge in [0.15, 0.2) is 5.69 Å². The first-order chi connectivity index (χ1) is 13.0. The van der Waals surface area contributed by atoms with Gasteiger partial charge >= 0.3 is 5.97 Å². The molecular formula is C19H20N4O3S. The fourth-order valence-corrected chi connectivity index (χ4v) is 3.58. The van der Waals surface area contributed by atoms with Crippen molar-refractivity contribution < 1.29 is 14.7 Å². The molecule has 0 saturated carbocycles. The van der Waals surface area contributed by atoms with E-state index in [1.165, 1.54) is 15.8 Å². The van der Waals surface area contributed by atoms with Gasteiger partial charge in [0.2, 0.25) is 5.91 Å². The molecule has 0 saturated heterocycles. The van der Waals surface area contributed by atoms with Crippen molar-refractivity contribution in [3.63, 3.8) is 0 Å². The van der Waals surface area contributed by atoms with Gasteiger partial charge in [-0.3, -0.25) is 4.79 Å². The molecule has 0 bridgehead atoms. The SMILES string of the molecule is Cc1ccc(CN(CCc2ccccc2)C(=O)Cn2cc(C(=O)O)nn2)s1. The van der Waals surface area contributed by atoms with Crippen LogP contribution in [0.25, 0.3) is 0 Å². The Hall–Kier alpha value is -3.00. The number of amides is 1. The number of carbonyl (C=O) groups is 2. The lowest BCUT2D eigenvalue weighted by Crippen LogP contribution is -2.35. The van der Waals surface area contributed by atoms with E-state index < -0.39 is 5.97 Å². The number of rotatable bonds is 8. The van der Waals surface area contributed by atoms with E-state index >= 15 is 0 Å². The zero-order chi connectivity index (χ0) is 19.2. The Kier molecular flexibility index (Phi) is 5.97. The minimum Gasteiger partial charge on any atom is -0.476 e. The van der Waals surface area contributed by atoms with Crippen LogP contribution in [-0.2, 0) is 24.3 Å². The van der Waals surface area contributed by atoms with Crippen molar-refractivity contribution in [2.24, 2.45) is 0 Å². The molecule has 0 atom stereocenters. The molecule has 1 aromatic carbocycles. The Labute approximate surface area is 160 Å². The number of hydrogen-bond acceptors (Lipinski definition) is 5. The average Bonchev–Trinajstić information content (AvgIpc) is 3.28. The summed E-state index contributed by atoms with van der Waals surface area (Å²) in [6.45, 7) is 3.08. The van der Waals surface area contributed by atoms with Crippen LogP contribution < -0.4 is 0 Å². The average molecular weight is 384 g/mol. The first-order valence-electron chi connectivity index (χ1n) is 8.51. The van der Waals surface area contributed by atoms with Crippen LogP contribution in [-0.4, -0.2) is 43.4 Å². The number of thiophene rings is 1. The van der Waals surface area contributed by atoms with E-state index in [1.807, 2.05) is 49.4 Å². The second kappa shape index (κ2) is 8.59. The van der Waals surface area contributed by atoms with Crippen molar-refractivity contribution >= 4 is 23.2 Å². The summed E-state index contributed by atoms with van der Waals surface area (Å²) >= 11 is 1.66. The minimum atomic E-state index is -1.16. The van der Waals surface area contributed by atoms with Crippen LogP contribution in [0.2, 0.25) is 0 Å². The predicted octanol–water partition coefficient (Wildman–Crippen LogP) is 2.62. The Morgan fingerprint density at radius 1 is 1.19 bits per heavy atom. The fraction of sp³-hybridized carbons (Fsp3) is 0.263. The molecule has 140 valence electrons. The van der Waals surface area contributed by atoms with Crippen LogP contribution in [0.1, 0.15) is 25.8 Å². The summed E-state index contributed by atoms with van der Waals surface area (Å²) in [5, 5.41) is 16.2. The number of carbonyl (C=O) groups excluding carboxylic acids is 1. The molecule has 3 aromatic rings. The number of aryl methyl sites for hydroxylation is 1. The van der Waals surface area contributed by atoms with Crippen LogP contribution in [0.4, 0.5) is 0 Å². The van der Waals surface area contributed by atoms with E-state index in [0.29, 0.717) is 13.1 Å². The lowest BCUT2D eigenvalue weighted by atomic mass is 10.1. The Morgan fingerprint density at radius 3 is 2.59 bits per heavy atom. The predicted molar refractivity (Wildman–Crippen MR) is 102 cm³/mol. The monoisotopic (exact) mass is 384 g/mol. The zero-order valence-electron chi connectivity index (χ0n) is 14.9. The normalized spacial score (nSPS) is 10.7. The first-order valence-corrected chi connectivity index (χ1v) is 9.33. The minimum absolute atomic E-state index is 0.0422. The van der Waals surface area contributed by atoms with Gasteiger partial charge in [0.25, 0.3) is 0 Å². The van der Waals surface area contributed by atoms with Gasteiger partial charge < -0.3 is 10.0 Å². The Morgan fingerprint density at radius 2 is 1.96 bits per heavy atom. The van der Waals surface area contributed by atoms with Crippen LogP contribution in [0, 0.1) is 6.92 Å². The lowest BCUT2D eigenvalue weighted by molar-refractivity contribution is -0.132. The van der Waals surface area contributed by atoms with E-state index in [1.54, 1.807) is 16.2 Å². The molecule has 1 amide bonds. The standard InChI is InChI=1S/C19H20N4O3S/c1-14-7-8-16(27-14)11-22(10-9-15-5-3-2-4-6-15)18(24)13-23-12-17(19(25)26)20-21-23/h2-8,12H,9-11,13H2,1H3,(H,25,26). The summed E-state index contributed by atoms with van der Waals surface area (Å²) in [5.74, 6) is -1.29. The number of nitrogens with zero attached hydrogens (tertiary/aromatic N) is 4. The summed E-state index contributed by atoms with van der Waals surface area (Å²) in [6, 6.07) is 14.1. The molecule has 2 heterocycles. The third-order valence-corrected chi connectivity index (χ3v) is 5.05. The molecule has 0 radical (unpaired) electrons. The van der Waals surface area contributed by atoms with E-state index in [0.717, 1.165) is 16.9 Å². The molecule has 7 nitrogen and oxygen atoms in total. The third-order valence-electron chi connectivity index (χ3n) is 4.06. The highest BCUT2D eigenvalue weighted by atomic mass is 32.1. The van der Waals surface area contributed by atoms with E-state index in [4.69, 9.17) is 5.11 Å². The number of benzene rings is 1. The fourth-order valence-electron chi connectivity index (χ4n) is 2.67. The van der Waals surface area contributed by atoms with Crippen molar-refractivity contribution in [3.05, 3.63) is 69.7 Å². The number of aromatic carboxylic acids is 1. The van der Waals surface area contributed by atoms with E-state index in [-0.39, 0.29) is 18.1 Å². The molecule has 8 heteroatoms. The molecule has 0 aliphatic heterocycles. The largest absolute Gasteiger partial charge is 0.476 e. The number of carboxylic acid groups (broad SMARTS) is 1. The molecule has 0 spiro atoms. The van der Waals surface area contributed by atoms with Gasteiger partial charge in [-0.15, -0.1) is 16.4 Å². The van der Waals surface area contributed by atoms with Crippen LogP contribution in [0.5, 0.6) is 0 Å². The molecule has 0 aliphatic carbocycles. The van der Waals surface area contributed by atoms with Gasteiger partial charge in [0.05, 0.1) is 12.7 Å². The van der Waals surface area contributed by atoms with Crippen LogP contribution in [0.3, 0.4) is 0 Å². The second-order valence-corrected chi connectivity index (χ2v) is 7.54. The summed E-state index contributed by atoms with van der Waals surface area (Å²) in [4.78, 5) is 27.8. The van der Waals surface area contributed by atoms with Crippen molar-refractivity contribution in [2.45, 2.75) is 26.4 Å². The Bertz CT molecular complexity index is 920. The molecular weight excluding hydrogens is 364 g/mol. The summed E-state index contributed by atoms with van der Waals surface area (Å²) in [7, 11) is 0. The maximum Gasteiger partial charge on any atom is 0.358 e. The van der Waals surface area contributed by atoms with Gasteiger partial charge in [-0.2, -0.15) is 0 Å². The van der Waals surface area contributed by atoms with Gasteiger partial charge in [-0.1, -0.05) is 35.5 Å². The molecule has 0 fully saturated rings. The highest BCUT2D eigenvalue weighted by Crippen LogP contribution is 2.18. The third kappa shape index (κ3) is 5.24. The Balaban J connectivity index is 1.70. The highest BCUT2D eigenvalue weighted by Gasteiger charge is 2.17. The lowest BCUT2D eigenvalue weighted by Gasteiger charge is -2.22. The molecule has 1 N–H and O–H groups in total. The summed E-state index contributed by atoms with van der Waals surface area (Å²) in [6.07, 6.45) is 2.01. The maximum absolute atomic E-state index is 12.8. The van der Waals surface area contributed by atoms with Crippen molar-refractivity contribution in [1.82, 2.24) is 19.9 Å². The molecule has 0 unspecified atom stereocenters. The van der Waals surface area contributed by atoms with E-state index in [2.05, 4.69) is 10.3 Å². The van der Waals surface area contributed by atoms with Crippen molar-refractivity contribution in [1.29, 1.82) is 0 Å². The van der Waals surface area contributed by atoms with Crippen molar-refractivity contribution in [3.8, 4) is 0 Å². The zero-order valence-corrected chi connectivity index (χ0v) is 15.7. The quantitative estimate of drug-likeness (QED) is 0.645. The van der Waals surface area contributed by atoms with Crippen LogP contribution >= 0.6 is 11.3 Å². The number of carboxylic acids is 1. The number of aromatic nitrogens is 3. The van der Waals surface area contributed by atoms with Crippen LogP contribution in [0.15, 0.2) is 48.7 Å². The highest BCUT2D eigenvalue weighted by molar-refractivity contribution is 7.11. The maximum atomic E-state index is 12.8. The van der Waals surface area contributed by atoms with Gasteiger partial charge in [-0.25, -0.2) is 9.48 Å². The van der Waals surface area contributed by atoms with Gasteiger partial charge in [0.1, 0.15) is 6.54 Å². The van der Waals surface area contributed by atoms with E-state index in [9.17, 15) is 9.59 Å². The molecule has 0 aliphatic rings. The summed E-state index contributed by atoms with van der Waals surface area (Å²) < 4.78 is 1.26. The van der Waals surface area contributed by atoms with Crippen molar-refractivity contribution in [2.75, 3.05) is 6.54 Å². The smallest absolute Gasteiger partial charge is 0.358 e. The molecule has 3 rings (SSSR count). The van der Waals surface area contributed by atoms with Gasteiger partial charge in [0, 0.05) is 16.3 Å². The topological polar surface area (TPSA) is 88.3 Å².